The molecule has 0 atom stereocenters. The summed E-state index contributed by atoms with van der Waals surface area (Å²) in [6.45, 7) is 1.10. The van der Waals surface area contributed by atoms with Crippen LogP contribution in [0.4, 0.5) is 13.2 Å². The lowest BCUT2D eigenvalue weighted by Gasteiger charge is -2.21. The molecule has 132 valence electrons. The van der Waals surface area contributed by atoms with Gasteiger partial charge in [-0.2, -0.15) is 13.2 Å². The first-order chi connectivity index (χ1) is 11.7. The molecule has 2 amide bonds. The Morgan fingerprint density at radius 3 is 2.32 bits per heavy atom. The number of aryl methyl sites for hydroxylation is 1. The van der Waals surface area contributed by atoms with Crippen LogP contribution < -0.4 is 5.73 Å². The van der Waals surface area contributed by atoms with E-state index in [0.717, 1.165) is 11.0 Å². The number of aromatic nitrogens is 3. The third kappa shape index (κ3) is 4.72. The predicted molar refractivity (Wildman–Crippen MR) is 79.5 cm³/mol. The van der Waals surface area contributed by atoms with Gasteiger partial charge in [-0.3, -0.25) is 14.6 Å². The molecule has 0 unspecified atom stereocenters. The molecule has 0 saturated heterocycles. The Morgan fingerprint density at radius 2 is 1.80 bits per heavy atom. The van der Waals surface area contributed by atoms with Gasteiger partial charge in [-0.05, 0) is 24.6 Å². The van der Waals surface area contributed by atoms with Crippen molar-refractivity contribution in [2.45, 2.75) is 26.2 Å². The van der Waals surface area contributed by atoms with E-state index in [1.165, 1.54) is 19.3 Å². The number of amides is 2. The topological polar surface area (TPSA) is 102 Å². The molecule has 25 heavy (non-hydrogen) atoms. The van der Waals surface area contributed by atoms with Gasteiger partial charge in [-0.15, -0.1) is 0 Å². The van der Waals surface area contributed by atoms with Gasteiger partial charge in [0.15, 0.2) is 0 Å². The minimum Gasteiger partial charge on any atom is -0.361 e. The molecule has 0 bridgehead atoms. The van der Waals surface area contributed by atoms with Crippen LogP contribution >= 0.6 is 0 Å². The highest BCUT2D eigenvalue weighted by atomic mass is 19.4. The van der Waals surface area contributed by atoms with Crippen molar-refractivity contribution in [3.63, 3.8) is 0 Å². The van der Waals surface area contributed by atoms with Crippen molar-refractivity contribution in [3.05, 3.63) is 53.4 Å². The number of carbonyl (C=O) groups excluding carboxylic acids is 2. The fourth-order valence-electron chi connectivity index (χ4n) is 2.04. The number of alkyl halides is 3. The van der Waals surface area contributed by atoms with Gasteiger partial charge in [0.25, 0.3) is 0 Å². The summed E-state index contributed by atoms with van der Waals surface area (Å²) in [5.41, 5.74) is 4.56. The molecule has 0 fully saturated rings. The Bertz CT molecular complexity index is 780. The maximum Gasteiger partial charge on any atom is 0.417 e. The average Bonchev–Trinajstić information content (AvgIpc) is 2.55. The van der Waals surface area contributed by atoms with Gasteiger partial charge < -0.3 is 10.6 Å². The molecule has 2 N–H and O–H groups in total. The van der Waals surface area contributed by atoms with Crippen LogP contribution in [-0.4, -0.2) is 31.7 Å². The predicted octanol–water partition coefficient (Wildman–Crippen LogP) is 1.21. The third-order valence-corrected chi connectivity index (χ3v) is 3.30. The molecule has 2 aromatic rings. The molecule has 0 aliphatic heterocycles. The monoisotopic (exact) mass is 353 g/mol. The van der Waals surface area contributed by atoms with Crippen molar-refractivity contribution >= 4 is 11.8 Å². The number of nitrogens with zero attached hydrogens (tertiary/aromatic N) is 4. The van der Waals surface area contributed by atoms with Gasteiger partial charge >= 0.3 is 18.0 Å². The van der Waals surface area contributed by atoms with E-state index in [2.05, 4.69) is 15.0 Å². The summed E-state index contributed by atoms with van der Waals surface area (Å²) in [5, 5.41) is 0. The van der Waals surface area contributed by atoms with Crippen LogP contribution in [0.5, 0.6) is 0 Å². The van der Waals surface area contributed by atoms with Crippen LogP contribution in [-0.2, 0) is 28.9 Å². The molecule has 7 nitrogen and oxygen atoms in total. The van der Waals surface area contributed by atoms with Crippen LogP contribution in [0.15, 0.2) is 30.7 Å². The zero-order valence-corrected chi connectivity index (χ0v) is 13.1. The van der Waals surface area contributed by atoms with E-state index in [1.807, 2.05) is 0 Å². The van der Waals surface area contributed by atoms with Crippen molar-refractivity contribution in [2.75, 3.05) is 0 Å². The van der Waals surface area contributed by atoms with Crippen LogP contribution in [0.3, 0.4) is 0 Å². The number of pyridine rings is 1. The molecule has 0 radical (unpaired) electrons. The zero-order valence-electron chi connectivity index (χ0n) is 13.1. The summed E-state index contributed by atoms with van der Waals surface area (Å²) in [4.78, 5) is 35.9. The second kappa shape index (κ2) is 7.24. The lowest BCUT2D eigenvalue weighted by Crippen LogP contribution is -2.40. The van der Waals surface area contributed by atoms with Gasteiger partial charge in [0.05, 0.1) is 24.3 Å². The highest BCUT2D eigenvalue weighted by Gasteiger charge is 2.31. The van der Waals surface area contributed by atoms with Gasteiger partial charge in [0.2, 0.25) is 0 Å². The quantitative estimate of drug-likeness (QED) is 0.833. The van der Waals surface area contributed by atoms with E-state index in [1.54, 1.807) is 6.07 Å². The van der Waals surface area contributed by atoms with Crippen LogP contribution in [0.25, 0.3) is 0 Å². The minimum atomic E-state index is -4.52. The second-order valence-corrected chi connectivity index (χ2v) is 5.18. The van der Waals surface area contributed by atoms with E-state index in [-0.39, 0.29) is 30.2 Å². The molecule has 2 heterocycles. The number of primary amides is 1. The third-order valence-electron chi connectivity index (χ3n) is 3.30. The van der Waals surface area contributed by atoms with Crippen molar-refractivity contribution in [2.24, 2.45) is 5.73 Å². The molecule has 2 rings (SSSR count). The minimum absolute atomic E-state index is 0.134. The molecule has 0 spiro atoms. The molecule has 0 aromatic carbocycles. The van der Waals surface area contributed by atoms with E-state index in [4.69, 9.17) is 5.73 Å². The Labute approximate surface area is 140 Å². The first-order valence-corrected chi connectivity index (χ1v) is 7.06. The molecule has 0 saturated carbocycles. The van der Waals surface area contributed by atoms with E-state index in [0.29, 0.717) is 6.20 Å². The van der Waals surface area contributed by atoms with Crippen molar-refractivity contribution in [1.82, 2.24) is 19.9 Å². The molecule has 0 aliphatic carbocycles. The molecular weight excluding hydrogens is 339 g/mol. The first kappa shape index (κ1) is 18.3. The summed E-state index contributed by atoms with van der Waals surface area (Å²) in [6, 6.07) is 2.50. The summed E-state index contributed by atoms with van der Waals surface area (Å²) in [7, 11) is 0. The molecule has 0 aliphatic rings. The summed E-state index contributed by atoms with van der Waals surface area (Å²) < 4.78 is 38.1. The number of nitrogens with two attached hydrogens (primary N) is 1. The summed E-state index contributed by atoms with van der Waals surface area (Å²) in [5.74, 6) is -1.95. The Hall–Kier alpha value is -3.04. The molecule has 2 aromatic heterocycles. The van der Waals surface area contributed by atoms with Gasteiger partial charge in [-0.1, -0.05) is 0 Å². The van der Waals surface area contributed by atoms with E-state index in [9.17, 15) is 22.8 Å². The normalized spacial score (nSPS) is 11.2. The maximum atomic E-state index is 12.7. The molecule has 10 heteroatoms. The number of carbonyl (C=O) groups is 2. The van der Waals surface area contributed by atoms with Crippen molar-refractivity contribution in [1.29, 1.82) is 0 Å². The maximum absolute atomic E-state index is 12.7. The van der Waals surface area contributed by atoms with Crippen molar-refractivity contribution < 1.29 is 22.8 Å². The molecular formula is C15H14F3N5O2. The van der Waals surface area contributed by atoms with Crippen LogP contribution in [0.1, 0.15) is 22.6 Å². The number of hydrogen-bond acceptors (Lipinski definition) is 5. The number of halogens is 3. The Morgan fingerprint density at radius 1 is 1.16 bits per heavy atom. The lowest BCUT2D eigenvalue weighted by molar-refractivity contribution is -0.145. The van der Waals surface area contributed by atoms with Gasteiger partial charge in [-0.25, -0.2) is 9.97 Å². The SMILES string of the molecule is Cc1cc(C(F)(F)F)cnc1CN(Cc1ncccn1)C(=O)C(N)=O. The fourth-order valence-corrected chi connectivity index (χ4v) is 2.04. The number of rotatable bonds is 4. The smallest absolute Gasteiger partial charge is 0.361 e. The van der Waals surface area contributed by atoms with Gasteiger partial charge in [0, 0.05) is 18.6 Å². The van der Waals surface area contributed by atoms with Crippen LogP contribution in [0.2, 0.25) is 0 Å². The standard InChI is InChI=1S/C15H14F3N5O2/c1-9-5-10(15(16,17)18)6-22-11(9)7-23(14(25)13(19)24)8-12-20-3-2-4-21-12/h2-6H,7-8H2,1H3,(H2,19,24). The zero-order chi connectivity index (χ0) is 18.6. The fraction of sp³-hybridized carbons (Fsp3) is 0.267. The highest BCUT2D eigenvalue weighted by Crippen LogP contribution is 2.29. The largest absolute Gasteiger partial charge is 0.417 e. The van der Waals surface area contributed by atoms with Crippen molar-refractivity contribution in [3.8, 4) is 0 Å². The van der Waals surface area contributed by atoms with E-state index >= 15 is 0 Å². The second-order valence-electron chi connectivity index (χ2n) is 5.18. The first-order valence-electron chi connectivity index (χ1n) is 7.06. The highest BCUT2D eigenvalue weighted by molar-refractivity contribution is 6.34. The van der Waals surface area contributed by atoms with Gasteiger partial charge in [0.1, 0.15) is 5.82 Å². The lowest BCUT2D eigenvalue weighted by atomic mass is 10.1. The Balaban J connectivity index is 2.27. The average molecular weight is 353 g/mol. The Kier molecular flexibility index (Phi) is 5.30. The van der Waals surface area contributed by atoms with E-state index < -0.39 is 23.6 Å². The summed E-state index contributed by atoms with van der Waals surface area (Å²) >= 11 is 0. The number of hydrogen-bond donors (Lipinski definition) is 1. The van der Waals surface area contributed by atoms with Crippen LogP contribution in [0, 0.1) is 6.92 Å². The summed E-state index contributed by atoms with van der Waals surface area (Å²) in [6.07, 6.45) is -0.932.